The molecule has 3 heteroatoms. The van der Waals surface area contributed by atoms with E-state index in [0.717, 1.165) is 26.1 Å². The number of thiophene rings is 1. The summed E-state index contributed by atoms with van der Waals surface area (Å²) < 4.78 is 0. The number of nitrogens with two attached hydrogens (primary N) is 1. The number of hydrogen-bond acceptors (Lipinski definition) is 3. The van der Waals surface area contributed by atoms with Gasteiger partial charge < -0.3 is 5.73 Å². The Morgan fingerprint density at radius 2 is 2.43 bits per heavy atom. The van der Waals surface area contributed by atoms with E-state index in [2.05, 4.69) is 34.6 Å². The summed E-state index contributed by atoms with van der Waals surface area (Å²) in [7, 11) is 0. The molecule has 0 aromatic carbocycles. The zero-order chi connectivity index (χ0) is 9.80. The van der Waals surface area contributed by atoms with Crippen molar-refractivity contribution in [2.24, 2.45) is 5.73 Å². The van der Waals surface area contributed by atoms with E-state index in [1.165, 1.54) is 4.88 Å². The first-order valence-corrected chi connectivity index (χ1v) is 5.90. The van der Waals surface area contributed by atoms with E-state index in [4.69, 9.17) is 5.73 Å². The molecule has 1 atom stereocenters. The van der Waals surface area contributed by atoms with Gasteiger partial charge in [0.25, 0.3) is 0 Å². The van der Waals surface area contributed by atoms with Crippen LogP contribution in [0.4, 0.5) is 0 Å². The Bertz CT molecular complexity index is 292. The van der Waals surface area contributed by atoms with Gasteiger partial charge in [-0.1, -0.05) is 18.2 Å². The van der Waals surface area contributed by atoms with Crippen LogP contribution in [0.25, 0.3) is 0 Å². The molecule has 0 amide bonds. The Labute approximate surface area is 89.0 Å². The average Bonchev–Trinajstić information content (AvgIpc) is 2.72. The lowest BCUT2D eigenvalue weighted by molar-refractivity contribution is 0.281. The van der Waals surface area contributed by atoms with Crippen LogP contribution in [0.3, 0.4) is 0 Å². The Kier molecular flexibility index (Phi) is 3.35. The highest BCUT2D eigenvalue weighted by Gasteiger charge is 2.12. The molecule has 0 fully saturated rings. The third-order valence-electron chi connectivity index (χ3n) is 2.51. The van der Waals surface area contributed by atoms with Crippen molar-refractivity contribution in [3.63, 3.8) is 0 Å². The lowest BCUT2D eigenvalue weighted by Gasteiger charge is -2.25. The Morgan fingerprint density at radius 1 is 1.50 bits per heavy atom. The third kappa shape index (κ3) is 2.44. The van der Waals surface area contributed by atoms with Crippen LogP contribution >= 0.6 is 11.3 Å². The van der Waals surface area contributed by atoms with Gasteiger partial charge in [0, 0.05) is 24.5 Å². The maximum atomic E-state index is 6.11. The summed E-state index contributed by atoms with van der Waals surface area (Å²) >= 11 is 1.75. The summed E-state index contributed by atoms with van der Waals surface area (Å²) in [5.41, 5.74) is 6.11. The Hall–Kier alpha value is -0.640. The van der Waals surface area contributed by atoms with Gasteiger partial charge >= 0.3 is 0 Å². The van der Waals surface area contributed by atoms with Crippen LogP contribution in [-0.4, -0.2) is 24.5 Å². The molecule has 0 saturated heterocycles. The standard InChI is InChI=1S/C11H16N2S/c12-10(11-5-4-8-14-11)9-13-6-2-1-3-7-13/h1-2,4-5,8,10H,3,6-7,9,12H2. The molecule has 0 spiro atoms. The molecule has 14 heavy (non-hydrogen) atoms. The molecule has 76 valence electrons. The van der Waals surface area contributed by atoms with Gasteiger partial charge in [-0.05, 0) is 17.9 Å². The predicted molar refractivity (Wildman–Crippen MR) is 61.4 cm³/mol. The molecule has 1 aliphatic heterocycles. The molecule has 1 unspecified atom stereocenters. The zero-order valence-corrected chi connectivity index (χ0v) is 9.04. The second kappa shape index (κ2) is 4.73. The van der Waals surface area contributed by atoms with Crippen molar-refractivity contribution < 1.29 is 0 Å². The van der Waals surface area contributed by atoms with Gasteiger partial charge in [0.1, 0.15) is 0 Å². The molecular formula is C11H16N2S. The second-order valence-corrected chi connectivity index (χ2v) is 4.62. The van der Waals surface area contributed by atoms with Crippen molar-refractivity contribution in [3.05, 3.63) is 34.5 Å². The molecule has 0 bridgehead atoms. The minimum Gasteiger partial charge on any atom is -0.322 e. The van der Waals surface area contributed by atoms with Crippen LogP contribution in [0.5, 0.6) is 0 Å². The smallest absolute Gasteiger partial charge is 0.0519 e. The highest BCUT2D eigenvalue weighted by Crippen LogP contribution is 2.18. The van der Waals surface area contributed by atoms with Crippen LogP contribution in [0, 0.1) is 0 Å². The van der Waals surface area contributed by atoms with Gasteiger partial charge in [-0.25, -0.2) is 0 Å². The molecule has 1 aromatic rings. The zero-order valence-electron chi connectivity index (χ0n) is 8.23. The Balaban J connectivity index is 1.88. The van der Waals surface area contributed by atoms with Gasteiger partial charge in [0.05, 0.1) is 6.04 Å². The molecule has 1 aliphatic rings. The predicted octanol–water partition coefficient (Wildman–Crippen LogP) is 2.01. The van der Waals surface area contributed by atoms with Gasteiger partial charge in [-0.3, -0.25) is 4.90 Å². The fraction of sp³-hybridized carbons (Fsp3) is 0.455. The van der Waals surface area contributed by atoms with Crippen LogP contribution in [-0.2, 0) is 0 Å². The van der Waals surface area contributed by atoms with E-state index in [1.54, 1.807) is 11.3 Å². The lowest BCUT2D eigenvalue weighted by Crippen LogP contribution is -2.34. The van der Waals surface area contributed by atoms with Gasteiger partial charge in [0.2, 0.25) is 0 Å². The van der Waals surface area contributed by atoms with Gasteiger partial charge in [-0.2, -0.15) is 0 Å². The maximum Gasteiger partial charge on any atom is 0.0519 e. The molecule has 0 aliphatic carbocycles. The normalized spacial score (nSPS) is 19.8. The fourth-order valence-electron chi connectivity index (χ4n) is 1.73. The van der Waals surface area contributed by atoms with Crippen molar-refractivity contribution in [2.75, 3.05) is 19.6 Å². The minimum atomic E-state index is 0.182. The summed E-state index contributed by atoms with van der Waals surface area (Å²) in [6, 6.07) is 4.37. The van der Waals surface area contributed by atoms with E-state index in [9.17, 15) is 0 Å². The van der Waals surface area contributed by atoms with E-state index in [-0.39, 0.29) is 6.04 Å². The molecule has 0 saturated carbocycles. The topological polar surface area (TPSA) is 29.3 Å². The van der Waals surface area contributed by atoms with Crippen LogP contribution < -0.4 is 5.73 Å². The number of rotatable bonds is 3. The first-order valence-electron chi connectivity index (χ1n) is 5.02. The van der Waals surface area contributed by atoms with Crippen molar-refractivity contribution in [1.29, 1.82) is 0 Å². The molecule has 1 aromatic heterocycles. The molecule has 0 radical (unpaired) electrons. The van der Waals surface area contributed by atoms with E-state index in [0.29, 0.717) is 0 Å². The SMILES string of the molecule is NC(CN1CC=CCC1)c1cccs1. The molecule has 2 heterocycles. The molecule has 2 rings (SSSR count). The van der Waals surface area contributed by atoms with E-state index >= 15 is 0 Å². The largest absolute Gasteiger partial charge is 0.322 e. The first-order chi connectivity index (χ1) is 6.86. The van der Waals surface area contributed by atoms with Crippen molar-refractivity contribution in [2.45, 2.75) is 12.5 Å². The maximum absolute atomic E-state index is 6.11. The molecule has 2 N–H and O–H groups in total. The van der Waals surface area contributed by atoms with Gasteiger partial charge in [0.15, 0.2) is 0 Å². The highest BCUT2D eigenvalue weighted by atomic mass is 32.1. The highest BCUT2D eigenvalue weighted by molar-refractivity contribution is 7.10. The average molecular weight is 208 g/mol. The number of nitrogens with zero attached hydrogens (tertiary/aromatic N) is 1. The lowest BCUT2D eigenvalue weighted by atomic mass is 10.2. The Morgan fingerprint density at radius 3 is 3.07 bits per heavy atom. The third-order valence-corrected chi connectivity index (χ3v) is 3.51. The summed E-state index contributed by atoms with van der Waals surface area (Å²) in [4.78, 5) is 3.70. The van der Waals surface area contributed by atoms with Crippen LogP contribution in [0.15, 0.2) is 29.7 Å². The minimum absolute atomic E-state index is 0.182. The summed E-state index contributed by atoms with van der Waals surface area (Å²) in [6.07, 6.45) is 5.63. The number of hydrogen-bond donors (Lipinski definition) is 1. The van der Waals surface area contributed by atoms with Crippen molar-refractivity contribution in [3.8, 4) is 0 Å². The van der Waals surface area contributed by atoms with Crippen molar-refractivity contribution >= 4 is 11.3 Å². The summed E-state index contributed by atoms with van der Waals surface area (Å²) in [6.45, 7) is 3.18. The monoisotopic (exact) mass is 208 g/mol. The fourth-order valence-corrected chi connectivity index (χ4v) is 2.45. The van der Waals surface area contributed by atoms with Crippen LogP contribution in [0.1, 0.15) is 17.3 Å². The summed E-state index contributed by atoms with van der Waals surface area (Å²) in [5, 5.41) is 2.09. The van der Waals surface area contributed by atoms with E-state index < -0.39 is 0 Å². The quantitative estimate of drug-likeness (QED) is 0.770. The molecular weight excluding hydrogens is 192 g/mol. The van der Waals surface area contributed by atoms with Gasteiger partial charge in [-0.15, -0.1) is 11.3 Å². The first kappa shape index (κ1) is 9.90. The van der Waals surface area contributed by atoms with E-state index in [1.807, 2.05) is 0 Å². The van der Waals surface area contributed by atoms with Crippen LogP contribution in [0.2, 0.25) is 0 Å². The van der Waals surface area contributed by atoms with Crippen molar-refractivity contribution in [1.82, 2.24) is 4.90 Å². The summed E-state index contributed by atoms with van der Waals surface area (Å²) in [5.74, 6) is 0. The molecule has 2 nitrogen and oxygen atoms in total. The second-order valence-electron chi connectivity index (χ2n) is 3.64.